The minimum absolute atomic E-state index is 0.131. The van der Waals surface area contributed by atoms with E-state index in [1.54, 1.807) is 0 Å². The quantitative estimate of drug-likeness (QED) is 0.857. The van der Waals surface area contributed by atoms with Gasteiger partial charge in [0.05, 0.1) is 5.69 Å². The van der Waals surface area contributed by atoms with Crippen molar-refractivity contribution in [3.63, 3.8) is 0 Å². The van der Waals surface area contributed by atoms with Crippen LogP contribution in [-0.4, -0.2) is 16.3 Å². The lowest BCUT2D eigenvalue weighted by Crippen LogP contribution is -2.25. The van der Waals surface area contributed by atoms with Crippen molar-refractivity contribution in [2.24, 2.45) is 7.05 Å². The molecule has 0 bridgehead atoms. The average Bonchev–Trinajstić information content (AvgIpc) is 2.75. The number of halogens is 2. The molecule has 1 unspecified atom stereocenters. The topological polar surface area (TPSA) is 29.9 Å². The second-order valence-electron chi connectivity index (χ2n) is 5.28. The van der Waals surface area contributed by atoms with Crippen molar-refractivity contribution >= 4 is 23.2 Å². The first-order valence-corrected chi connectivity index (χ1v) is 7.94. The fourth-order valence-corrected chi connectivity index (χ4v) is 2.89. The number of nitrogens with zero attached hydrogens (tertiary/aromatic N) is 2. The molecule has 1 atom stereocenters. The Balaban J connectivity index is 2.29. The maximum absolute atomic E-state index is 6.36. The van der Waals surface area contributed by atoms with Crippen LogP contribution in [-0.2, 0) is 13.5 Å². The molecule has 0 saturated heterocycles. The van der Waals surface area contributed by atoms with E-state index in [1.165, 1.54) is 5.69 Å². The van der Waals surface area contributed by atoms with Gasteiger partial charge in [-0.15, -0.1) is 0 Å². The molecule has 0 saturated carbocycles. The van der Waals surface area contributed by atoms with Gasteiger partial charge >= 0.3 is 0 Å². The zero-order valence-electron chi connectivity index (χ0n) is 12.7. The number of hydrogen-bond acceptors (Lipinski definition) is 2. The SMILES string of the molecule is CCCNC(Cc1cc(C)nn1C)c1cc(Cl)ccc1Cl. The van der Waals surface area contributed by atoms with E-state index in [0.717, 1.165) is 35.7 Å². The molecule has 2 aromatic rings. The van der Waals surface area contributed by atoms with Gasteiger partial charge < -0.3 is 5.32 Å². The Morgan fingerprint density at radius 2 is 2.05 bits per heavy atom. The van der Waals surface area contributed by atoms with Gasteiger partial charge in [0.2, 0.25) is 0 Å². The van der Waals surface area contributed by atoms with E-state index in [2.05, 4.69) is 23.4 Å². The van der Waals surface area contributed by atoms with E-state index < -0.39 is 0 Å². The smallest absolute Gasteiger partial charge is 0.0596 e. The third-order valence-electron chi connectivity index (χ3n) is 3.49. The summed E-state index contributed by atoms with van der Waals surface area (Å²) in [6, 6.07) is 7.86. The molecule has 1 aromatic carbocycles. The highest BCUT2D eigenvalue weighted by molar-refractivity contribution is 6.33. The summed E-state index contributed by atoms with van der Waals surface area (Å²) in [6.07, 6.45) is 1.90. The van der Waals surface area contributed by atoms with Gasteiger partial charge in [-0.3, -0.25) is 4.68 Å². The lowest BCUT2D eigenvalue weighted by Gasteiger charge is -2.20. The molecular formula is C16H21Cl2N3. The molecule has 0 aliphatic heterocycles. The van der Waals surface area contributed by atoms with Crippen LogP contribution >= 0.6 is 23.2 Å². The number of rotatable bonds is 6. The second-order valence-corrected chi connectivity index (χ2v) is 6.12. The molecule has 114 valence electrons. The molecule has 0 aliphatic rings. The van der Waals surface area contributed by atoms with Crippen molar-refractivity contribution in [1.29, 1.82) is 0 Å². The Kier molecular flexibility index (Phi) is 5.68. The van der Waals surface area contributed by atoms with Gasteiger partial charge in [0.15, 0.2) is 0 Å². The molecule has 1 heterocycles. The molecule has 21 heavy (non-hydrogen) atoms. The summed E-state index contributed by atoms with van der Waals surface area (Å²) in [7, 11) is 1.97. The number of aromatic nitrogens is 2. The third-order valence-corrected chi connectivity index (χ3v) is 4.07. The molecule has 3 nitrogen and oxygen atoms in total. The molecule has 0 spiro atoms. The summed E-state index contributed by atoms with van der Waals surface area (Å²) >= 11 is 12.5. The standard InChI is InChI=1S/C16H21Cl2N3/c1-4-7-19-16(10-13-8-11(2)20-21(13)3)14-9-12(17)5-6-15(14)18/h5-6,8-9,16,19H,4,7,10H2,1-3H3. The zero-order chi connectivity index (χ0) is 15.4. The number of nitrogens with one attached hydrogen (secondary N) is 1. The Bertz CT molecular complexity index is 608. The summed E-state index contributed by atoms with van der Waals surface area (Å²) < 4.78 is 1.93. The van der Waals surface area contributed by atoms with E-state index in [9.17, 15) is 0 Å². The molecule has 1 aromatic heterocycles. The van der Waals surface area contributed by atoms with E-state index in [0.29, 0.717) is 5.02 Å². The van der Waals surface area contributed by atoms with Crippen LogP contribution in [0, 0.1) is 6.92 Å². The lowest BCUT2D eigenvalue weighted by molar-refractivity contribution is 0.512. The largest absolute Gasteiger partial charge is 0.310 e. The van der Waals surface area contributed by atoms with Crippen LogP contribution in [0.2, 0.25) is 10.0 Å². The molecule has 0 amide bonds. The molecule has 2 rings (SSSR count). The van der Waals surface area contributed by atoms with Crippen molar-refractivity contribution in [3.05, 3.63) is 51.3 Å². The van der Waals surface area contributed by atoms with Gasteiger partial charge in [-0.2, -0.15) is 5.10 Å². The fourth-order valence-electron chi connectivity index (χ4n) is 2.46. The predicted octanol–water partition coefficient (Wildman–Crippen LogP) is 4.32. The van der Waals surface area contributed by atoms with Gasteiger partial charge in [-0.25, -0.2) is 0 Å². The van der Waals surface area contributed by atoms with E-state index in [1.807, 2.05) is 36.9 Å². The fraction of sp³-hybridized carbons (Fsp3) is 0.438. The minimum Gasteiger partial charge on any atom is -0.310 e. The van der Waals surface area contributed by atoms with Crippen LogP contribution in [0.4, 0.5) is 0 Å². The van der Waals surface area contributed by atoms with Crippen molar-refractivity contribution in [3.8, 4) is 0 Å². The maximum Gasteiger partial charge on any atom is 0.0596 e. The lowest BCUT2D eigenvalue weighted by atomic mass is 10.0. The molecule has 0 radical (unpaired) electrons. The monoisotopic (exact) mass is 325 g/mol. The zero-order valence-corrected chi connectivity index (χ0v) is 14.2. The Labute approximate surface area is 136 Å². The highest BCUT2D eigenvalue weighted by Crippen LogP contribution is 2.28. The van der Waals surface area contributed by atoms with Crippen LogP contribution in [0.3, 0.4) is 0 Å². The Morgan fingerprint density at radius 3 is 2.67 bits per heavy atom. The van der Waals surface area contributed by atoms with E-state index >= 15 is 0 Å². The van der Waals surface area contributed by atoms with Gasteiger partial charge in [-0.1, -0.05) is 30.1 Å². The predicted molar refractivity (Wildman–Crippen MR) is 89.1 cm³/mol. The van der Waals surface area contributed by atoms with E-state index in [-0.39, 0.29) is 6.04 Å². The first-order valence-electron chi connectivity index (χ1n) is 7.19. The van der Waals surface area contributed by atoms with Crippen LogP contribution in [0.5, 0.6) is 0 Å². The van der Waals surface area contributed by atoms with Crippen molar-refractivity contribution in [2.75, 3.05) is 6.54 Å². The minimum atomic E-state index is 0.131. The Morgan fingerprint density at radius 1 is 1.29 bits per heavy atom. The summed E-state index contributed by atoms with van der Waals surface area (Å²) in [4.78, 5) is 0. The maximum atomic E-state index is 6.36. The Hall–Kier alpha value is -1.03. The number of benzene rings is 1. The van der Waals surface area contributed by atoms with Gasteiger partial charge in [0.1, 0.15) is 0 Å². The average molecular weight is 326 g/mol. The van der Waals surface area contributed by atoms with Crippen molar-refractivity contribution in [2.45, 2.75) is 32.7 Å². The molecule has 5 heteroatoms. The summed E-state index contributed by atoms with van der Waals surface area (Å²) in [5, 5.41) is 9.41. The number of hydrogen-bond donors (Lipinski definition) is 1. The van der Waals surface area contributed by atoms with Gasteiger partial charge in [-0.05, 0) is 49.7 Å². The normalized spacial score (nSPS) is 12.6. The highest BCUT2D eigenvalue weighted by atomic mass is 35.5. The van der Waals surface area contributed by atoms with Crippen LogP contribution in [0.15, 0.2) is 24.3 Å². The molecule has 1 N–H and O–H groups in total. The summed E-state index contributed by atoms with van der Waals surface area (Å²) in [5.41, 5.74) is 3.24. The van der Waals surface area contributed by atoms with Crippen molar-refractivity contribution < 1.29 is 0 Å². The molecular weight excluding hydrogens is 305 g/mol. The van der Waals surface area contributed by atoms with Crippen LogP contribution in [0.1, 0.15) is 36.3 Å². The van der Waals surface area contributed by atoms with Crippen molar-refractivity contribution in [1.82, 2.24) is 15.1 Å². The van der Waals surface area contributed by atoms with Crippen LogP contribution in [0.25, 0.3) is 0 Å². The van der Waals surface area contributed by atoms with Gasteiger partial charge in [0, 0.05) is 35.2 Å². The van der Waals surface area contributed by atoms with E-state index in [4.69, 9.17) is 23.2 Å². The first-order chi connectivity index (χ1) is 10.0. The summed E-state index contributed by atoms with van der Waals surface area (Å²) in [6.45, 7) is 5.09. The third kappa shape index (κ3) is 4.22. The molecule has 0 aliphatic carbocycles. The number of aryl methyl sites for hydroxylation is 2. The van der Waals surface area contributed by atoms with Crippen LogP contribution < -0.4 is 5.32 Å². The van der Waals surface area contributed by atoms with Gasteiger partial charge in [0.25, 0.3) is 0 Å². The first kappa shape index (κ1) is 16.3. The molecule has 0 fully saturated rings. The summed E-state index contributed by atoms with van der Waals surface area (Å²) in [5.74, 6) is 0. The second kappa shape index (κ2) is 7.30. The highest BCUT2D eigenvalue weighted by Gasteiger charge is 2.17.